The first-order valence-electron chi connectivity index (χ1n) is 19.8. The summed E-state index contributed by atoms with van der Waals surface area (Å²) in [7, 11) is -8.25. The van der Waals surface area contributed by atoms with Crippen molar-refractivity contribution in [3.05, 3.63) is 231 Å². The summed E-state index contributed by atoms with van der Waals surface area (Å²) in [5.74, 6) is -0.469. The van der Waals surface area contributed by atoms with Gasteiger partial charge in [-0.05, 0) is 150 Å². The van der Waals surface area contributed by atoms with Crippen molar-refractivity contribution in [2.75, 3.05) is 7.15 Å². The van der Waals surface area contributed by atoms with Crippen LogP contribution in [0.15, 0.2) is 224 Å². The van der Waals surface area contributed by atoms with E-state index >= 15 is 0 Å². The van der Waals surface area contributed by atoms with Crippen LogP contribution in [0.4, 0.5) is 8.78 Å². The molecule has 0 aliphatic heterocycles. The van der Waals surface area contributed by atoms with Crippen molar-refractivity contribution < 1.29 is 58.0 Å². The van der Waals surface area contributed by atoms with E-state index in [1.807, 2.05) is 43.3 Å². The molecule has 0 saturated heterocycles. The molecule has 5 nitrogen and oxygen atoms in total. The average molecular weight is 869 g/mol. The molecular formula is C52H40F2NNaO4S2. The quantitative estimate of drug-likeness (QED) is 0.0983. The van der Waals surface area contributed by atoms with Gasteiger partial charge in [-0.2, -0.15) is 0 Å². The third-order valence-electron chi connectivity index (χ3n) is 10.1. The van der Waals surface area contributed by atoms with Crippen LogP contribution in [0, 0.1) is 5.82 Å². The van der Waals surface area contributed by atoms with Crippen LogP contribution in [-0.2, 0) is 26.1 Å². The van der Waals surface area contributed by atoms with Crippen LogP contribution in [0.3, 0.4) is 0 Å². The van der Waals surface area contributed by atoms with E-state index in [0.29, 0.717) is 0 Å². The molecule has 7 aromatic rings. The molecular weight excluding hydrogens is 828 g/mol. The standard InChI is InChI=1S/C25H17NO2S.C13H9FO2S.C13H10.CH3F.Na.H/c1-18-10-14-20(15-11-18)29(27,28)21-16-12-19(13-17-21)26-24-8-4-2-6-22(24)23-7-3-5-9-25(23)26;1-10-2-6-12(7-3-10)17(15,16)13-8-4-11(14)5-9-13;1-3-7-12-10(5-1)9-11-6-2-4-8-13(11)12;1-2;;/h2-10,12-14,16-17H,1H3;2,4-6,8-9H,1H3;1-8H,9H2;1H3;;/q;;;;+1;-1/i;;;1D;;. The molecule has 1 heterocycles. The van der Waals surface area contributed by atoms with Crippen LogP contribution in [-0.4, -0.2) is 28.6 Å². The Kier molecular flexibility index (Phi) is 14.0. The number of aromatic nitrogens is 1. The molecule has 0 fully saturated rings. The van der Waals surface area contributed by atoms with Crippen LogP contribution in [0.2, 0.25) is 0 Å². The van der Waals surface area contributed by atoms with Crippen molar-refractivity contribution in [2.45, 2.75) is 30.1 Å². The number of benzene rings is 6. The number of nitrogens with zero attached hydrogens (tertiary/aromatic N) is 1. The third kappa shape index (κ3) is 9.54. The first kappa shape index (κ1) is 44.0. The fourth-order valence-electron chi connectivity index (χ4n) is 7.12. The molecule has 3 aliphatic rings. The number of fused-ring (bicyclic) bond motifs is 6. The Hall–Kier alpha value is -6.04. The van der Waals surface area contributed by atoms with E-state index in [1.165, 1.54) is 51.2 Å². The predicted octanol–water partition coefficient (Wildman–Crippen LogP) is 9.42. The normalized spacial score (nSPS) is 13.3. The minimum absolute atomic E-state index is 0. The molecule has 0 radical (unpaired) electrons. The van der Waals surface area contributed by atoms with Crippen molar-refractivity contribution in [3.8, 4) is 16.8 Å². The number of hydrogen-bond donors (Lipinski definition) is 0. The fourth-order valence-corrected chi connectivity index (χ4v) is 9.49. The largest absolute Gasteiger partial charge is 1.00 e. The van der Waals surface area contributed by atoms with Gasteiger partial charge in [-0.1, -0.05) is 96.4 Å². The molecule has 0 atom stereocenters. The number of para-hydroxylation sites is 2. The summed E-state index contributed by atoms with van der Waals surface area (Å²) in [4.78, 5) is 0.463. The molecule has 3 aliphatic carbocycles. The second kappa shape index (κ2) is 19.8. The molecule has 0 spiro atoms. The summed E-state index contributed by atoms with van der Waals surface area (Å²) in [5, 5.41) is 2.34. The summed E-state index contributed by atoms with van der Waals surface area (Å²) in [5.41, 5.74) is 21.4. The van der Waals surface area contributed by atoms with E-state index in [-0.39, 0.29) is 50.6 Å². The van der Waals surface area contributed by atoms with Gasteiger partial charge in [0.2, 0.25) is 19.7 Å². The zero-order valence-corrected chi connectivity index (χ0v) is 37.9. The number of rotatable bonds is 5. The third-order valence-corrected chi connectivity index (χ3v) is 13.5. The smallest absolute Gasteiger partial charge is 1.00 e. The monoisotopic (exact) mass is 868 g/mol. The molecule has 1 aromatic heterocycles. The maximum atomic E-state index is 12.9. The van der Waals surface area contributed by atoms with Gasteiger partial charge in [-0.25, -0.2) is 21.2 Å². The number of alkyl halides is 1. The first-order valence-corrected chi connectivity index (χ1v) is 22.1. The average Bonchev–Trinajstić information content (AvgIpc) is 3.84. The zero-order valence-electron chi connectivity index (χ0n) is 36.2. The molecule has 0 amide bonds. The summed E-state index contributed by atoms with van der Waals surface area (Å²) in [6, 6.07) is 45.5. The Morgan fingerprint density at radius 2 is 0.935 bits per heavy atom. The molecule has 0 saturated carbocycles. The van der Waals surface area contributed by atoms with Gasteiger partial charge in [0.25, 0.3) is 0 Å². The summed E-state index contributed by atoms with van der Waals surface area (Å²) in [6.07, 6.45) is 7.52. The summed E-state index contributed by atoms with van der Waals surface area (Å²) >= 11 is 0. The van der Waals surface area contributed by atoms with Gasteiger partial charge in [-0.3, -0.25) is 4.39 Å². The van der Waals surface area contributed by atoms with Gasteiger partial charge in [0.1, 0.15) is 15.6 Å². The van der Waals surface area contributed by atoms with Gasteiger partial charge < -0.3 is 5.99 Å². The van der Waals surface area contributed by atoms with E-state index in [0.717, 1.165) is 46.4 Å². The number of halogens is 2. The Bertz CT molecular complexity index is 3270. The van der Waals surface area contributed by atoms with Gasteiger partial charge in [0.05, 0.1) is 29.3 Å². The molecule has 0 bridgehead atoms. The van der Waals surface area contributed by atoms with Crippen molar-refractivity contribution in [2.24, 2.45) is 0 Å². The number of hydrogen-bond acceptors (Lipinski definition) is 4. The second-order valence-corrected chi connectivity index (χ2v) is 17.9. The maximum absolute atomic E-state index is 12.9. The Morgan fingerprint density at radius 1 is 0.548 bits per heavy atom. The molecule has 10 rings (SSSR count). The first-order chi connectivity index (χ1) is 29.9. The van der Waals surface area contributed by atoms with Crippen LogP contribution in [0.5, 0.6) is 0 Å². The Balaban J connectivity index is 0.000000187. The van der Waals surface area contributed by atoms with E-state index < -0.39 is 32.6 Å². The topological polar surface area (TPSA) is 73.2 Å². The van der Waals surface area contributed by atoms with Crippen molar-refractivity contribution in [1.29, 1.82) is 0 Å². The Morgan fingerprint density at radius 3 is 1.35 bits per heavy atom. The van der Waals surface area contributed by atoms with Crippen molar-refractivity contribution in [1.82, 2.24) is 4.57 Å². The number of allylic oxidation sites excluding steroid dienone is 6. The van der Waals surface area contributed by atoms with Crippen LogP contribution >= 0.6 is 0 Å². The minimum atomic E-state index is -3.63. The summed E-state index contributed by atoms with van der Waals surface area (Å²) in [6.45, 7) is 3.65. The fraction of sp³-hybridized carbons (Fsp3) is 0.0769. The second-order valence-electron chi connectivity index (χ2n) is 14.1. The van der Waals surface area contributed by atoms with Crippen LogP contribution in [0.25, 0.3) is 38.6 Å². The molecule has 304 valence electrons. The van der Waals surface area contributed by atoms with Gasteiger partial charge in [0, 0.05) is 16.5 Å². The van der Waals surface area contributed by atoms with Crippen LogP contribution < -0.4 is 29.6 Å². The molecule has 62 heavy (non-hydrogen) atoms. The van der Waals surface area contributed by atoms with E-state index in [4.69, 9.17) is 1.37 Å². The van der Waals surface area contributed by atoms with E-state index in [9.17, 15) is 25.6 Å². The van der Waals surface area contributed by atoms with E-state index in [2.05, 4.69) is 100 Å². The SMILES string of the molecule is CC1=C=C=C(S(=O)(=O)c2ccc(-n3c4ccccc4c4ccccc43)cc2)C=C1.CC1=C=C=C(S(=O)(=O)c2ccc(F)cc2)C=C1.[2H]CF.[H-].[Na+].c1ccc2c(c1)Cc1ccccc1-2. The molecule has 0 unspecified atom stereocenters. The van der Waals surface area contributed by atoms with Crippen LogP contribution in [0.1, 0.15) is 27.8 Å². The zero-order chi connectivity index (χ0) is 43.9. The maximum Gasteiger partial charge on any atom is 1.00 e. The Labute approximate surface area is 386 Å². The predicted molar refractivity (Wildman–Crippen MR) is 242 cm³/mol. The van der Waals surface area contributed by atoms with E-state index in [1.54, 1.807) is 37.3 Å². The number of sulfone groups is 2. The van der Waals surface area contributed by atoms with Crippen molar-refractivity contribution >= 4 is 41.5 Å². The van der Waals surface area contributed by atoms with Gasteiger partial charge in [-0.15, -0.1) is 0 Å². The van der Waals surface area contributed by atoms with Gasteiger partial charge in [0.15, 0.2) is 0 Å². The van der Waals surface area contributed by atoms with Gasteiger partial charge >= 0.3 is 29.6 Å². The molecule has 10 heteroatoms. The summed E-state index contributed by atoms with van der Waals surface area (Å²) < 4.78 is 80.4. The minimum Gasteiger partial charge on any atom is -1.00 e. The molecule has 0 N–H and O–H groups in total. The van der Waals surface area contributed by atoms with Crippen molar-refractivity contribution in [3.63, 3.8) is 0 Å². The molecule has 6 aromatic carbocycles.